The van der Waals surface area contributed by atoms with Gasteiger partial charge in [0.1, 0.15) is 5.82 Å². The van der Waals surface area contributed by atoms with Crippen molar-refractivity contribution in [2.45, 2.75) is 39.0 Å². The standard InChI is InChI=1S/C23H25FN4O/c1-3-8-27-23(29)18-12-20(11-16(2)17-4-6-19(24)7-5-17)28-21(13-18)14-22-15-25-9-10-26-22/h4-7,9-10,12-13,15-16H,3,8,11,14H2,1-2H3,(H,27,29)/t16-/m1/s1. The summed E-state index contributed by atoms with van der Waals surface area (Å²) in [5, 5.41) is 2.92. The van der Waals surface area contributed by atoms with Gasteiger partial charge in [0.15, 0.2) is 0 Å². The second kappa shape index (κ2) is 9.87. The Balaban J connectivity index is 1.86. The number of benzene rings is 1. The van der Waals surface area contributed by atoms with E-state index < -0.39 is 0 Å². The molecule has 3 rings (SSSR count). The van der Waals surface area contributed by atoms with E-state index in [0.717, 1.165) is 29.1 Å². The highest BCUT2D eigenvalue weighted by Crippen LogP contribution is 2.21. The van der Waals surface area contributed by atoms with E-state index in [2.05, 4.69) is 22.2 Å². The molecule has 1 atom stereocenters. The van der Waals surface area contributed by atoms with Gasteiger partial charge >= 0.3 is 0 Å². The quantitative estimate of drug-likeness (QED) is 0.627. The van der Waals surface area contributed by atoms with Crippen molar-refractivity contribution in [3.8, 4) is 0 Å². The maximum absolute atomic E-state index is 13.2. The first kappa shape index (κ1) is 20.6. The Hall–Kier alpha value is -3.15. The van der Waals surface area contributed by atoms with Crippen LogP contribution in [-0.2, 0) is 12.8 Å². The van der Waals surface area contributed by atoms with Gasteiger partial charge in [-0.05, 0) is 48.6 Å². The van der Waals surface area contributed by atoms with Crippen molar-refractivity contribution < 1.29 is 9.18 Å². The molecule has 2 aromatic heterocycles. The predicted molar refractivity (Wildman–Crippen MR) is 110 cm³/mol. The van der Waals surface area contributed by atoms with Crippen LogP contribution >= 0.6 is 0 Å². The van der Waals surface area contributed by atoms with Gasteiger partial charge in [0.2, 0.25) is 0 Å². The monoisotopic (exact) mass is 392 g/mol. The van der Waals surface area contributed by atoms with E-state index >= 15 is 0 Å². The molecule has 150 valence electrons. The molecular formula is C23H25FN4O. The fourth-order valence-corrected chi connectivity index (χ4v) is 3.15. The molecule has 0 aliphatic heterocycles. The minimum atomic E-state index is -0.250. The summed E-state index contributed by atoms with van der Waals surface area (Å²) >= 11 is 0. The molecule has 1 amide bonds. The lowest BCUT2D eigenvalue weighted by Crippen LogP contribution is -2.24. The van der Waals surface area contributed by atoms with Crippen LogP contribution in [0.4, 0.5) is 4.39 Å². The Bertz CT molecular complexity index is 945. The van der Waals surface area contributed by atoms with Crippen LogP contribution in [0.5, 0.6) is 0 Å². The van der Waals surface area contributed by atoms with Crippen LogP contribution < -0.4 is 5.32 Å². The maximum atomic E-state index is 13.2. The van der Waals surface area contributed by atoms with Crippen LogP contribution in [0.15, 0.2) is 55.0 Å². The van der Waals surface area contributed by atoms with Gasteiger partial charge in [-0.2, -0.15) is 0 Å². The van der Waals surface area contributed by atoms with Gasteiger partial charge in [0.05, 0.1) is 5.69 Å². The summed E-state index contributed by atoms with van der Waals surface area (Å²) in [6, 6.07) is 10.2. The zero-order chi connectivity index (χ0) is 20.6. The molecule has 0 saturated carbocycles. The second-order valence-electron chi connectivity index (χ2n) is 7.12. The van der Waals surface area contributed by atoms with E-state index in [0.29, 0.717) is 24.9 Å². The molecule has 6 heteroatoms. The third-order valence-electron chi connectivity index (χ3n) is 4.66. The topological polar surface area (TPSA) is 67.8 Å². The predicted octanol–water partition coefficient (Wildman–Crippen LogP) is 4.09. The first-order valence-electron chi connectivity index (χ1n) is 9.83. The van der Waals surface area contributed by atoms with Gasteiger partial charge in [-0.15, -0.1) is 0 Å². The van der Waals surface area contributed by atoms with E-state index in [9.17, 15) is 9.18 Å². The second-order valence-corrected chi connectivity index (χ2v) is 7.12. The third-order valence-corrected chi connectivity index (χ3v) is 4.66. The lowest BCUT2D eigenvalue weighted by Gasteiger charge is -2.14. The van der Waals surface area contributed by atoms with Crippen molar-refractivity contribution >= 4 is 5.91 Å². The molecule has 5 nitrogen and oxygen atoms in total. The molecule has 0 bridgehead atoms. The molecule has 1 aromatic carbocycles. The Kier molecular flexibility index (Phi) is 7.00. The Labute approximate surface area is 170 Å². The number of nitrogens with zero attached hydrogens (tertiary/aromatic N) is 3. The van der Waals surface area contributed by atoms with Crippen molar-refractivity contribution in [1.82, 2.24) is 20.3 Å². The molecule has 0 spiro atoms. The average Bonchev–Trinajstić information content (AvgIpc) is 2.73. The Morgan fingerprint density at radius 1 is 1.10 bits per heavy atom. The molecular weight excluding hydrogens is 367 g/mol. The van der Waals surface area contributed by atoms with Gasteiger partial charge in [-0.1, -0.05) is 26.0 Å². The smallest absolute Gasteiger partial charge is 0.251 e. The molecule has 3 aromatic rings. The average molecular weight is 392 g/mol. The summed E-state index contributed by atoms with van der Waals surface area (Å²) in [7, 11) is 0. The van der Waals surface area contributed by atoms with Gasteiger partial charge < -0.3 is 5.32 Å². The van der Waals surface area contributed by atoms with Crippen LogP contribution in [0.2, 0.25) is 0 Å². The van der Waals surface area contributed by atoms with E-state index in [1.54, 1.807) is 30.7 Å². The summed E-state index contributed by atoms with van der Waals surface area (Å²) in [6.07, 6.45) is 6.99. The zero-order valence-corrected chi connectivity index (χ0v) is 16.7. The lowest BCUT2D eigenvalue weighted by atomic mass is 9.95. The van der Waals surface area contributed by atoms with E-state index in [1.165, 1.54) is 12.1 Å². The Morgan fingerprint density at radius 3 is 2.55 bits per heavy atom. The molecule has 0 saturated heterocycles. The molecule has 1 N–H and O–H groups in total. The minimum Gasteiger partial charge on any atom is -0.352 e. The molecule has 0 unspecified atom stereocenters. The Morgan fingerprint density at radius 2 is 1.86 bits per heavy atom. The van der Waals surface area contributed by atoms with Gasteiger partial charge in [-0.25, -0.2) is 4.39 Å². The molecule has 2 heterocycles. The third kappa shape index (κ3) is 5.91. The number of carbonyl (C=O) groups is 1. The van der Waals surface area contributed by atoms with Gasteiger partial charge in [-0.3, -0.25) is 19.7 Å². The number of carbonyl (C=O) groups excluding carboxylic acids is 1. The highest BCUT2D eigenvalue weighted by atomic mass is 19.1. The first-order valence-corrected chi connectivity index (χ1v) is 9.83. The molecule has 0 radical (unpaired) electrons. The number of amides is 1. The summed E-state index contributed by atoms with van der Waals surface area (Å²) < 4.78 is 13.2. The summed E-state index contributed by atoms with van der Waals surface area (Å²) in [4.78, 5) is 25.7. The number of aromatic nitrogens is 3. The van der Waals surface area contributed by atoms with Crippen LogP contribution in [-0.4, -0.2) is 27.4 Å². The normalized spacial score (nSPS) is 11.8. The first-order chi connectivity index (χ1) is 14.0. The number of hydrogen-bond acceptors (Lipinski definition) is 4. The molecule has 29 heavy (non-hydrogen) atoms. The van der Waals surface area contributed by atoms with E-state index in [-0.39, 0.29) is 17.6 Å². The summed E-state index contributed by atoms with van der Waals surface area (Å²) in [5.74, 6) is -0.216. The van der Waals surface area contributed by atoms with Gasteiger partial charge in [0, 0.05) is 48.5 Å². The molecule has 0 aliphatic carbocycles. The van der Waals surface area contributed by atoms with Gasteiger partial charge in [0.25, 0.3) is 5.91 Å². The molecule has 0 fully saturated rings. The number of rotatable bonds is 8. The van der Waals surface area contributed by atoms with Crippen molar-refractivity contribution in [2.75, 3.05) is 6.54 Å². The largest absolute Gasteiger partial charge is 0.352 e. The van der Waals surface area contributed by atoms with Crippen molar-refractivity contribution in [3.05, 3.63) is 89.0 Å². The fourth-order valence-electron chi connectivity index (χ4n) is 3.15. The maximum Gasteiger partial charge on any atom is 0.251 e. The van der Waals surface area contributed by atoms with Crippen molar-refractivity contribution in [2.24, 2.45) is 0 Å². The summed E-state index contributed by atoms with van der Waals surface area (Å²) in [6.45, 7) is 4.71. The van der Waals surface area contributed by atoms with E-state index in [4.69, 9.17) is 4.98 Å². The van der Waals surface area contributed by atoms with Crippen LogP contribution in [0, 0.1) is 5.82 Å². The SMILES string of the molecule is CCCNC(=O)c1cc(Cc2cnccn2)nc(C[C@@H](C)c2ccc(F)cc2)c1. The summed E-state index contributed by atoms with van der Waals surface area (Å²) in [5.41, 5.74) is 4.02. The molecule has 0 aliphatic rings. The number of nitrogens with one attached hydrogen (secondary N) is 1. The van der Waals surface area contributed by atoms with Crippen LogP contribution in [0.3, 0.4) is 0 Å². The number of halogens is 1. The fraction of sp³-hybridized carbons (Fsp3) is 0.304. The highest BCUT2D eigenvalue weighted by Gasteiger charge is 2.14. The van der Waals surface area contributed by atoms with Crippen LogP contribution in [0.25, 0.3) is 0 Å². The minimum absolute atomic E-state index is 0.106. The highest BCUT2D eigenvalue weighted by molar-refractivity contribution is 5.94. The number of hydrogen-bond donors (Lipinski definition) is 1. The lowest BCUT2D eigenvalue weighted by molar-refractivity contribution is 0.0953. The van der Waals surface area contributed by atoms with Crippen molar-refractivity contribution in [1.29, 1.82) is 0 Å². The zero-order valence-electron chi connectivity index (χ0n) is 16.7. The van der Waals surface area contributed by atoms with E-state index in [1.807, 2.05) is 19.1 Å². The number of pyridine rings is 1. The van der Waals surface area contributed by atoms with Crippen molar-refractivity contribution in [3.63, 3.8) is 0 Å². The van der Waals surface area contributed by atoms with Crippen LogP contribution in [0.1, 0.15) is 59.2 Å².